The molecule has 0 aliphatic heterocycles. The second-order valence-corrected chi connectivity index (χ2v) is 6.91. The Bertz CT molecular complexity index is 886. The summed E-state index contributed by atoms with van der Waals surface area (Å²) in [6.07, 6.45) is 0.886. The fourth-order valence-corrected chi connectivity index (χ4v) is 2.49. The lowest BCUT2D eigenvalue weighted by Gasteiger charge is -2.10. The molecule has 7 nitrogen and oxygen atoms in total. The first-order chi connectivity index (χ1) is 11.7. The number of benzene rings is 2. The van der Waals surface area contributed by atoms with E-state index in [1.807, 2.05) is 4.72 Å². The van der Waals surface area contributed by atoms with E-state index in [1.165, 1.54) is 6.07 Å². The highest BCUT2D eigenvalue weighted by atomic mass is 32.2. The van der Waals surface area contributed by atoms with Crippen molar-refractivity contribution in [3.05, 3.63) is 59.9 Å². The van der Waals surface area contributed by atoms with Crippen molar-refractivity contribution in [1.82, 2.24) is 5.32 Å². The zero-order valence-electron chi connectivity index (χ0n) is 13.2. The van der Waals surface area contributed by atoms with Crippen LogP contribution in [0.4, 0.5) is 15.8 Å². The Morgan fingerprint density at radius 2 is 1.76 bits per heavy atom. The van der Waals surface area contributed by atoms with E-state index in [0.717, 1.165) is 18.4 Å². The third kappa shape index (κ3) is 5.88. The predicted octanol–water partition coefficient (Wildman–Crippen LogP) is 1.57. The summed E-state index contributed by atoms with van der Waals surface area (Å²) in [5.41, 5.74) is 0.317. The number of nitrogens with one attached hydrogen (secondary N) is 3. The zero-order chi connectivity index (χ0) is 18.4. The van der Waals surface area contributed by atoms with Gasteiger partial charge in [0.1, 0.15) is 5.82 Å². The summed E-state index contributed by atoms with van der Waals surface area (Å²) in [4.78, 5) is 23.7. The Labute approximate surface area is 144 Å². The molecule has 0 atom stereocenters. The normalized spacial score (nSPS) is 10.8. The summed E-state index contributed by atoms with van der Waals surface area (Å²) < 4.78 is 38.0. The van der Waals surface area contributed by atoms with Crippen LogP contribution in [-0.2, 0) is 14.8 Å². The van der Waals surface area contributed by atoms with Crippen LogP contribution in [0.1, 0.15) is 10.4 Å². The maximum absolute atomic E-state index is 13.6. The third-order valence-corrected chi connectivity index (χ3v) is 3.58. The van der Waals surface area contributed by atoms with Crippen molar-refractivity contribution >= 4 is 33.2 Å². The van der Waals surface area contributed by atoms with Crippen LogP contribution >= 0.6 is 0 Å². The predicted molar refractivity (Wildman–Crippen MR) is 92.3 cm³/mol. The minimum atomic E-state index is -3.66. The Kier molecular flexibility index (Phi) is 5.71. The van der Waals surface area contributed by atoms with E-state index < -0.39 is 27.7 Å². The molecule has 9 heteroatoms. The van der Waals surface area contributed by atoms with Gasteiger partial charge in [-0.2, -0.15) is 0 Å². The largest absolute Gasteiger partial charge is 0.343 e. The molecular weight excluding hydrogens is 349 g/mol. The van der Waals surface area contributed by atoms with E-state index in [9.17, 15) is 22.4 Å². The van der Waals surface area contributed by atoms with Crippen LogP contribution < -0.4 is 15.4 Å². The summed E-state index contributed by atoms with van der Waals surface area (Å²) in [5.74, 6) is -1.73. The molecule has 2 amide bonds. The topological polar surface area (TPSA) is 104 Å². The molecule has 0 spiro atoms. The number of rotatable bonds is 6. The summed E-state index contributed by atoms with van der Waals surface area (Å²) in [7, 11) is -3.66. The first-order valence-corrected chi connectivity index (χ1v) is 9.04. The van der Waals surface area contributed by atoms with Crippen LogP contribution in [0, 0.1) is 5.82 Å². The maximum atomic E-state index is 13.6. The molecule has 25 heavy (non-hydrogen) atoms. The van der Waals surface area contributed by atoms with Crippen molar-refractivity contribution in [1.29, 1.82) is 0 Å². The maximum Gasteiger partial charge on any atom is 0.251 e. The molecular formula is C16H16FN3O4S. The Morgan fingerprint density at radius 3 is 2.40 bits per heavy atom. The molecule has 0 aromatic heterocycles. The monoisotopic (exact) mass is 365 g/mol. The quantitative estimate of drug-likeness (QED) is 0.723. The van der Waals surface area contributed by atoms with E-state index in [2.05, 4.69) is 10.6 Å². The lowest BCUT2D eigenvalue weighted by molar-refractivity contribution is -0.115. The average molecular weight is 365 g/mol. The molecule has 0 saturated heterocycles. The van der Waals surface area contributed by atoms with Crippen molar-refractivity contribution < 1.29 is 22.4 Å². The second-order valence-electron chi connectivity index (χ2n) is 5.17. The van der Waals surface area contributed by atoms with E-state index in [1.54, 1.807) is 30.3 Å². The number of anilines is 2. The Morgan fingerprint density at radius 1 is 1.08 bits per heavy atom. The molecule has 0 fully saturated rings. The Hall–Kier alpha value is -2.94. The number of halogens is 1. The first kappa shape index (κ1) is 18.4. The van der Waals surface area contributed by atoms with Crippen molar-refractivity contribution in [2.24, 2.45) is 0 Å². The molecule has 0 heterocycles. The number of carbonyl (C=O) groups is 2. The zero-order valence-corrected chi connectivity index (χ0v) is 14.1. The van der Waals surface area contributed by atoms with E-state index in [-0.39, 0.29) is 17.9 Å². The standard InChI is InChI=1S/C16H16FN3O4S/c1-25(23,24)20-14-9-12(7-8-13(14)17)19-15(21)10-18-16(22)11-5-3-2-4-6-11/h2-9,20H,10H2,1H3,(H,18,22)(H,19,21). The number of sulfonamides is 1. The van der Waals surface area contributed by atoms with Gasteiger partial charge in [0.05, 0.1) is 18.5 Å². The molecule has 0 aliphatic rings. The summed E-state index contributed by atoms with van der Waals surface area (Å²) in [6, 6.07) is 11.8. The SMILES string of the molecule is CS(=O)(=O)Nc1cc(NC(=O)CNC(=O)c2ccccc2)ccc1F. The highest BCUT2D eigenvalue weighted by Gasteiger charge is 2.11. The van der Waals surface area contributed by atoms with Gasteiger partial charge in [0.15, 0.2) is 0 Å². The van der Waals surface area contributed by atoms with Crippen molar-refractivity contribution in [3.63, 3.8) is 0 Å². The molecule has 2 aromatic carbocycles. The molecule has 0 saturated carbocycles. The van der Waals surface area contributed by atoms with Crippen LogP contribution in [-0.4, -0.2) is 33.0 Å². The Balaban J connectivity index is 1.96. The second kappa shape index (κ2) is 7.75. The minimum Gasteiger partial charge on any atom is -0.343 e. The molecule has 0 radical (unpaired) electrons. The van der Waals surface area contributed by atoms with Crippen LogP contribution in [0.15, 0.2) is 48.5 Å². The van der Waals surface area contributed by atoms with Gasteiger partial charge >= 0.3 is 0 Å². The van der Waals surface area contributed by atoms with Gasteiger partial charge in [-0.1, -0.05) is 18.2 Å². The van der Waals surface area contributed by atoms with Gasteiger partial charge in [-0.15, -0.1) is 0 Å². The summed E-state index contributed by atoms with van der Waals surface area (Å²) in [5, 5.41) is 4.89. The summed E-state index contributed by atoms with van der Waals surface area (Å²) >= 11 is 0. The van der Waals surface area contributed by atoms with E-state index >= 15 is 0 Å². The van der Waals surface area contributed by atoms with Crippen LogP contribution in [0.2, 0.25) is 0 Å². The van der Waals surface area contributed by atoms with Gasteiger partial charge in [-0.25, -0.2) is 12.8 Å². The van der Waals surface area contributed by atoms with Gasteiger partial charge < -0.3 is 10.6 Å². The van der Waals surface area contributed by atoms with Crippen LogP contribution in [0.25, 0.3) is 0 Å². The van der Waals surface area contributed by atoms with Gasteiger partial charge in [-0.3, -0.25) is 14.3 Å². The van der Waals surface area contributed by atoms with Crippen LogP contribution in [0.3, 0.4) is 0 Å². The molecule has 2 aromatic rings. The smallest absolute Gasteiger partial charge is 0.251 e. The molecule has 132 valence electrons. The summed E-state index contributed by atoms with van der Waals surface area (Å²) in [6.45, 7) is -0.292. The van der Waals surface area contributed by atoms with Gasteiger partial charge in [0, 0.05) is 11.3 Å². The fraction of sp³-hybridized carbons (Fsp3) is 0.125. The third-order valence-electron chi connectivity index (χ3n) is 2.99. The lowest BCUT2D eigenvalue weighted by atomic mass is 10.2. The highest BCUT2D eigenvalue weighted by molar-refractivity contribution is 7.92. The number of hydrogen-bond donors (Lipinski definition) is 3. The number of hydrogen-bond acceptors (Lipinski definition) is 4. The van der Waals surface area contributed by atoms with Gasteiger partial charge in [-0.05, 0) is 30.3 Å². The molecule has 0 unspecified atom stereocenters. The van der Waals surface area contributed by atoms with E-state index in [0.29, 0.717) is 5.56 Å². The van der Waals surface area contributed by atoms with Crippen molar-refractivity contribution in [3.8, 4) is 0 Å². The number of amides is 2. The van der Waals surface area contributed by atoms with Gasteiger partial charge in [0.2, 0.25) is 15.9 Å². The molecule has 2 rings (SSSR count). The molecule has 0 aliphatic carbocycles. The lowest BCUT2D eigenvalue weighted by Crippen LogP contribution is -2.32. The van der Waals surface area contributed by atoms with Crippen molar-refractivity contribution in [2.45, 2.75) is 0 Å². The minimum absolute atomic E-state index is 0.187. The fourth-order valence-electron chi connectivity index (χ4n) is 1.94. The van der Waals surface area contributed by atoms with Crippen LogP contribution in [0.5, 0.6) is 0 Å². The van der Waals surface area contributed by atoms with E-state index in [4.69, 9.17) is 0 Å². The average Bonchev–Trinajstić information content (AvgIpc) is 2.55. The van der Waals surface area contributed by atoms with Gasteiger partial charge in [0.25, 0.3) is 5.91 Å². The number of carbonyl (C=O) groups excluding carboxylic acids is 2. The van der Waals surface area contributed by atoms with Crippen molar-refractivity contribution in [2.75, 3.05) is 22.8 Å². The first-order valence-electron chi connectivity index (χ1n) is 7.15. The highest BCUT2D eigenvalue weighted by Crippen LogP contribution is 2.20. The molecule has 0 bridgehead atoms. The molecule has 3 N–H and O–H groups in total.